The van der Waals surface area contributed by atoms with E-state index in [2.05, 4.69) is 0 Å². The number of anilines is 1. The van der Waals surface area contributed by atoms with E-state index in [0.717, 1.165) is 11.3 Å². The quantitative estimate of drug-likeness (QED) is 0.592. The summed E-state index contributed by atoms with van der Waals surface area (Å²) in [6.07, 6.45) is 1.90. The number of carbonyl (C=O) groups is 1. The fraction of sp³-hybridized carbons (Fsp3) is 0.125. The molecule has 1 aliphatic rings. The Morgan fingerprint density at radius 1 is 1.36 bits per heavy atom. The molecular weight excluding hydrogens is 158 g/mol. The van der Waals surface area contributed by atoms with Crippen molar-refractivity contribution < 1.29 is 4.79 Å². The zero-order valence-electron chi connectivity index (χ0n) is 6.07. The SMILES string of the molecule is CSN1C(=O)c2ccccc21. The molecule has 11 heavy (non-hydrogen) atoms. The van der Waals surface area contributed by atoms with Gasteiger partial charge in [-0.15, -0.1) is 0 Å². The monoisotopic (exact) mass is 165 g/mol. The minimum absolute atomic E-state index is 0.119. The van der Waals surface area contributed by atoms with E-state index in [1.54, 1.807) is 4.31 Å². The number of carbonyl (C=O) groups excluding carboxylic acids is 1. The molecule has 0 N–H and O–H groups in total. The van der Waals surface area contributed by atoms with Gasteiger partial charge >= 0.3 is 0 Å². The number of benzene rings is 1. The molecule has 1 heterocycles. The minimum atomic E-state index is 0.119. The van der Waals surface area contributed by atoms with E-state index >= 15 is 0 Å². The van der Waals surface area contributed by atoms with Crippen LogP contribution in [0.3, 0.4) is 0 Å². The van der Waals surface area contributed by atoms with Gasteiger partial charge in [-0.2, -0.15) is 0 Å². The van der Waals surface area contributed by atoms with Crippen LogP contribution in [0.5, 0.6) is 0 Å². The lowest BCUT2D eigenvalue weighted by Gasteiger charge is -2.30. The number of para-hydroxylation sites is 1. The Balaban J connectivity index is 2.47. The van der Waals surface area contributed by atoms with Crippen LogP contribution in [0.25, 0.3) is 0 Å². The Morgan fingerprint density at radius 2 is 2.09 bits per heavy atom. The maximum atomic E-state index is 11.2. The van der Waals surface area contributed by atoms with Crippen LogP contribution in [0.1, 0.15) is 10.4 Å². The smallest absolute Gasteiger partial charge is 0.268 e. The largest absolute Gasteiger partial charge is 0.270 e. The summed E-state index contributed by atoms with van der Waals surface area (Å²) in [6.45, 7) is 0. The third kappa shape index (κ3) is 0.775. The Hall–Kier alpha value is -0.960. The lowest BCUT2D eigenvalue weighted by Crippen LogP contribution is -2.34. The summed E-state index contributed by atoms with van der Waals surface area (Å²) in [7, 11) is 0. The lowest BCUT2D eigenvalue weighted by molar-refractivity contribution is 0.0990. The van der Waals surface area contributed by atoms with Crippen molar-refractivity contribution in [3.8, 4) is 0 Å². The number of rotatable bonds is 1. The number of hydrogen-bond donors (Lipinski definition) is 0. The van der Waals surface area contributed by atoms with Gasteiger partial charge < -0.3 is 0 Å². The molecule has 1 aliphatic heterocycles. The molecule has 1 aromatic rings. The maximum Gasteiger partial charge on any atom is 0.270 e. The van der Waals surface area contributed by atoms with Crippen LogP contribution >= 0.6 is 11.9 Å². The molecule has 2 rings (SSSR count). The minimum Gasteiger partial charge on any atom is -0.268 e. The molecule has 0 aliphatic carbocycles. The molecule has 0 atom stereocenters. The molecule has 0 saturated carbocycles. The molecule has 0 saturated heterocycles. The highest BCUT2D eigenvalue weighted by atomic mass is 32.2. The predicted molar refractivity (Wildman–Crippen MR) is 46.8 cm³/mol. The second-order valence-electron chi connectivity index (χ2n) is 2.30. The Kier molecular flexibility index (Phi) is 1.39. The third-order valence-electron chi connectivity index (χ3n) is 1.72. The summed E-state index contributed by atoms with van der Waals surface area (Å²) in [6, 6.07) is 7.63. The molecule has 1 amide bonds. The van der Waals surface area contributed by atoms with Gasteiger partial charge in [-0.25, -0.2) is 4.31 Å². The molecule has 1 aromatic carbocycles. The number of hydrogen-bond acceptors (Lipinski definition) is 2. The van der Waals surface area contributed by atoms with E-state index < -0.39 is 0 Å². The molecule has 0 fully saturated rings. The fourth-order valence-corrected chi connectivity index (χ4v) is 1.80. The van der Waals surface area contributed by atoms with E-state index in [9.17, 15) is 4.79 Å². The van der Waals surface area contributed by atoms with Crippen LogP contribution in [0, 0.1) is 0 Å². The molecule has 0 aromatic heterocycles. The number of nitrogens with zero attached hydrogens (tertiary/aromatic N) is 1. The first-order valence-electron chi connectivity index (χ1n) is 3.32. The average Bonchev–Trinajstić information content (AvgIpc) is 2.05. The molecule has 2 nitrogen and oxygen atoms in total. The maximum absolute atomic E-state index is 11.2. The summed E-state index contributed by atoms with van der Waals surface area (Å²) < 4.78 is 1.69. The van der Waals surface area contributed by atoms with Gasteiger partial charge in [0, 0.05) is 6.26 Å². The van der Waals surface area contributed by atoms with E-state index in [1.165, 1.54) is 11.9 Å². The Labute approximate surface area is 69.3 Å². The first-order chi connectivity index (χ1) is 5.34. The van der Waals surface area contributed by atoms with Gasteiger partial charge in [0.2, 0.25) is 0 Å². The first kappa shape index (κ1) is 6.73. The zero-order valence-corrected chi connectivity index (χ0v) is 6.89. The summed E-state index contributed by atoms with van der Waals surface area (Å²) in [5, 5.41) is 0. The van der Waals surface area contributed by atoms with Gasteiger partial charge in [-0.05, 0) is 24.1 Å². The topological polar surface area (TPSA) is 20.3 Å². The summed E-state index contributed by atoms with van der Waals surface area (Å²) in [4.78, 5) is 11.2. The van der Waals surface area contributed by atoms with Crippen molar-refractivity contribution in [3.63, 3.8) is 0 Å². The van der Waals surface area contributed by atoms with Crippen molar-refractivity contribution in [3.05, 3.63) is 29.8 Å². The van der Waals surface area contributed by atoms with Crippen LogP contribution < -0.4 is 4.31 Å². The van der Waals surface area contributed by atoms with E-state index in [1.807, 2.05) is 30.5 Å². The third-order valence-corrected chi connectivity index (χ3v) is 2.45. The van der Waals surface area contributed by atoms with Gasteiger partial charge in [0.05, 0.1) is 11.3 Å². The van der Waals surface area contributed by atoms with Gasteiger partial charge in [0.1, 0.15) is 0 Å². The summed E-state index contributed by atoms with van der Waals surface area (Å²) in [5.74, 6) is 0.119. The van der Waals surface area contributed by atoms with E-state index in [4.69, 9.17) is 0 Å². The van der Waals surface area contributed by atoms with Crippen molar-refractivity contribution in [1.82, 2.24) is 0 Å². The number of amides is 1. The van der Waals surface area contributed by atoms with Crippen LogP contribution in [0.4, 0.5) is 5.69 Å². The molecule has 0 bridgehead atoms. The van der Waals surface area contributed by atoms with Gasteiger partial charge in [0.25, 0.3) is 5.91 Å². The highest BCUT2D eigenvalue weighted by Crippen LogP contribution is 2.36. The normalized spacial score (nSPS) is 14.3. The number of fused-ring (bicyclic) bond motifs is 1. The van der Waals surface area contributed by atoms with Crippen LogP contribution in [-0.2, 0) is 0 Å². The molecule has 3 heteroatoms. The summed E-state index contributed by atoms with van der Waals surface area (Å²) >= 11 is 1.45. The lowest BCUT2D eigenvalue weighted by atomic mass is 10.1. The Morgan fingerprint density at radius 3 is 2.82 bits per heavy atom. The van der Waals surface area contributed by atoms with Crippen LogP contribution in [0.2, 0.25) is 0 Å². The van der Waals surface area contributed by atoms with Crippen LogP contribution in [-0.4, -0.2) is 12.2 Å². The van der Waals surface area contributed by atoms with Crippen molar-refractivity contribution in [2.24, 2.45) is 0 Å². The van der Waals surface area contributed by atoms with Crippen molar-refractivity contribution in [2.75, 3.05) is 10.6 Å². The second-order valence-corrected chi connectivity index (χ2v) is 3.03. The molecule has 0 unspecified atom stereocenters. The molecular formula is C8H7NOS. The van der Waals surface area contributed by atoms with Gasteiger partial charge in [0.15, 0.2) is 0 Å². The fourth-order valence-electron chi connectivity index (χ4n) is 1.18. The highest BCUT2D eigenvalue weighted by molar-refractivity contribution is 8.00. The summed E-state index contributed by atoms with van der Waals surface area (Å²) in [5.41, 5.74) is 1.87. The molecule has 0 spiro atoms. The van der Waals surface area contributed by atoms with Crippen molar-refractivity contribution in [1.29, 1.82) is 0 Å². The van der Waals surface area contributed by atoms with E-state index in [-0.39, 0.29) is 5.91 Å². The first-order valence-corrected chi connectivity index (χ1v) is 4.50. The zero-order chi connectivity index (χ0) is 7.84. The van der Waals surface area contributed by atoms with Crippen LogP contribution in [0.15, 0.2) is 24.3 Å². The molecule has 0 radical (unpaired) electrons. The Bertz CT molecular complexity index is 311. The second kappa shape index (κ2) is 2.27. The van der Waals surface area contributed by atoms with Crippen molar-refractivity contribution >= 4 is 23.5 Å². The van der Waals surface area contributed by atoms with Gasteiger partial charge in [-0.1, -0.05) is 12.1 Å². The van der Waals surface area contributed by atoms with Gasteiger partial charge in [-0.3, -0.25) is 4.79 Å². The predicted octanol–water partition coefficient (Wildman–Crippen LogP) is 1.92. The van der Waals surface area contributed by atoms with Crippen molar-refractivity contribution in [2.45, 2.75) is 0 Å². The molecule has 56 valence electrons. The highest BCUT2D eigenvalue weighted by Gasteiger charge is 2.31. The average molecular weight is 165 g/mol. The van der Waals surface area contributed by atoms with E-state index in [0.29, 0.717) is 0 Å². The standard InChI is InChI=1S/C8H7NOS/c1-11-9-7-5-3-2-4-6(7)8(9)10/h2-5H,1H3.